The van der Waals surface area contributed by atoms with Crippen LogP contribution < -0.4 is 0 Å². The molecule has 21 heavy (non-hydrogen) atoms. The van der Waals surface area contributed by atoms with Crippen molar-refractivity contribution >= 4 is 29.1 Å². The van der Waals surface area contributed by atoms with E-state index in [9.17, 15) is 10.1 Å². The van der Waals surface area contributed by atoms with E-state index in [1.807, 2.05) is 0 Å². The number of hydrogen-bond acceptors (Lipinski definition) is 2. The number of rotatable bonds is 1. The van der Waals surface area contributed by atoms with Gasteiger partial charge in [0.2, 0.25) is 0 Å². The molecule has 0 bridgehead atoms. The topological polar surface area (TPSA) is 44.1 Å². The van der Waals surface area contributed by atoms with Crippen LogP contribution in [0.2, 0.25) is 10.0 Å². The van der Waals surface area contributed by atoms with Crippen molar-refractivity contribution in [1.82, 2.24) is 4.90 Å². The molecule has 1 fully saturated rings. The number of nitriles is 1. The van der Waals surface area contributed by atoms with E-state index in [4.69, 9.17) is 23.2 Å². The summed E-state index contributed by atoms with van der Waals surface area (Å²) in [5.74, 6) is -0.143. The Labute approximate surface area is 134 Å². The van der Waals surface area contributed by atoms with E-state index in [0.29, 0.717) is 21.2 Å². The Morgan fingerprint density at radius 1 is 1.10 bits per heavy atom. The first-order valence-corrected chi connectivity index (χ1v) is 8.11. The zero-order valence-electron chi connectivity index (χ0n) is 11.6. The van der Waals surface area contributed by atoms with E-state index in [1.165, 1.54) is 12.8 Å². The fourth-order valence-electron chi connectivity index (χ4n) is 3.48. The summed E-state index contributed by atoms with van der Waals surface area (Å²) in [5, 5.41) is 10.4. The van der Waals surface area contributed by atoms with Gasteiger partial charge in [0.05, 0.1) is 16.7 Å². The minimum atomic E-state index is -0.609. The van der Waals surface area contributed by atoms with E-state index >= 15 is 0 Å². The molecule has 3 nitrogen and oxygen atoms in total. The smallest absolute Gasteiger partial charge is 0.257 e. The van der Waals surface area contributed by atoms with E-state index in [2.05, 4.69) is 6.07 Å². The summed E-state index contributed by atoms with van der Waals surface area (Å²) in [6.45, 7) is 0. The second-order valence-corrected chi connectivity index (χ2v) is 6.52. The van der Waals surface area contributed by atoms with Crippen LogP contribution in [-0.2, 0) is 0 Å². The van der Waals surface area contributed by atoms with Crippen molar-refractivity contribution in [3.8, 4) is 6.07 Å². The van der Waals surface area contributed by atoms with E-state index in [1.54, 1.807) is 17.0 Å². The first-order valence-electron chi connectivity index (χ1n) is 7.35. The fourth-order valence-corrected chi connectivity index (χ4v) is 3.98. The Kier molecular flexibility index (Phi) is 4.10. The summed E-state index contributed by atoms with van der Waals surface area (Å²) < 4.78 is 0. The number of carbonyl (C=O) groups is 1. The molecule has 110 valence electrons. The summed E-state index contributed by atoms with van der Waals surface area (Å²) >= 11 is 12.4. The van der Waals surface area contributed by atoms with Gasteiger partial charge in [-0.3, -0.25) is 4.79 Å². The number of carbonyl (C=O) groups excluding carboxylic acids is 1. The van der Waals surface area contributed by atoms with Crippen LogP contribution in [-0.4, -0.2) is 16.8 Å². The van der Waals surface area contributed by atoms with Crippen LogP contribution in [0.5, 0.6) is 0 Å². The van der Waals surface area contributed by atoms with Crippen molar-refractivity contribution in [2.75, 3.05) is 0 Å². The van der Waals surface area contributed by atoms with Crippen LogP contribution in [0.3, 0.4) is 0 Å². The van der Waals surface area contributed by atoms with Gasteiger partial charge in [0, 0.05) is 16.6 Å². The summed E-state index contributed by atoms with van der Waals surface area (Å²) in [7, 11) is 0. The molecule has 0 spiro atoms. The van der Waals surface area contributed by atoms with Gasteiger partial charge < -0.3 is 4.90 Å². The van der Waals surface area contributed by atoms with Crippen LogP contribution in [0.15, 0.2) is 12.1 Å². The van der Waals surface area contributed by atoms with Crippen molar-refractivity contribution in [2.24, 2.45) is 0 Å². The van der Waals surface area contributed by atoms with Crippen molar-refractivity contribution in [2.45, 2.75) is 50.6 Å². The van der Waals surface area contributed by atoms with Crippen LogP contribution in [0, 0.1) is 11.3 Å². The lowest BCUT2D eigenvalue weighted by Gasteiger charge is -2.29. The number of halogens is 2. The molecule has 1 amide bonds. The summed E-state index contributed by atoms with van der Waals surface area (Å²) in [5.41, 5.74) is 1.00. The molecule has 0 aromatic heterocycles. The fraction of sp³-hybridized carbons (Fsp3) is 0.500. The van der Waals surface area contributed by atoms with Crippen molar-refractivity contribution in [1.29, 1.82) is 5.26 Å². The van der Waals surface area contributed by atoms with E-state index in [0.717, 1.165) is 25.7 Å². The van der Waals surface area contributed by atoms with Crippen LogP contribution in [0.4, 0.5) is 0 Å². The lowest BCUT2D eigenvalue weighted by atomic mass is 10.0. The number of nitrogens with zero attached hydrogens (tertiary/aromatic N) is 2. The lowest BCUT2D eigenvalue weighted by Crippen LogP contribution is -2.37. The van der Waals surface area contributed by atoms with Gasteiger partial charge in [0.15, 0.2) is 0 Å². The molecular formula is C16H16Cl2N2O. The Balaban J connectivity index is 2.04. The van der Waals surface area contributed by atoms with Gasteiger partial charge >= 0.3 is 0 Å². The third-order valence-electron chi connectivity index (χ3n) is 4.48. The molecule has 0 radical (unpaired) electrons. The molecule has 1 atom stereocenters. The van der Waals surface area contributed by atoms with Gasteiger partial charge in [-0.05, 0) is 25.0 Å². The van der Waals surface area contributed by atoms with Gasteiger partial charge in [-0.15, -0.1) is 0 Å². The summed E-state index contributed by atoms with van der Waals surface area (Å²) in [6.07, 6.45) is 6.50. The minimum Gasteiger partial charge on any atom is -0.315 e. The predicted octanol–water partition coefficient (Wildman–Crippen LogP) is 4.74. The molecule has 1 aliphatic heterocycles. The average Bonchev–Trinajstić information content (AvgIpc) is 2.65. The molecule has 1 unspecified atom stereocenters. The highest BCUT2D eigenvalue weighted by atomic mass is 35.5. The first-order chi connectivity index (χ1) is 10.1. The number of hydrogen-bond donors (Lipinski definition) is 0. The third-order valence-corrected chi connectivity index (χ3v) is 5.13. The minimum absolute atomic E-state index is 0.115. The van der Waals surface area contributed by atoms with Gasteiger partial charge in [-0.1, -0.05) is 48.9 Å². The molecule has 1 heterocycles. The maximum Gasteiger partial charge on any atom is 0.257 e. The average molecular weight is 323 g/mol. The summed E-state index contributed by atoms with van der Waals surface area (Å²) in [4.78, 5) is 14.5. The lowest BCUT2D eigenvalue weighted by molar-refractivity contribution is 0.0654. The van der Waals surface area contributed by atoms with E-state index < -0.39 is 6.04 Å². The van der Waals surface area contributed by atoms with Crippen LogP contribution in [0.25, 0.3) is 0 Å². The molecule has 3 rings (SSSR count). The molecule has 1 saturated carbocycles. The quantitative estimate of drug-likeness (QED) is 0.701. The first kappa shape index (κ1) is 14.7. The van der Waals surface area contributed by atoms with Gasteiger partial charge in [0.25, 0.3) is 5.91 Å². The van der Waals surface area contributed by atoms with Gasteiger partial charge in [0.1, 0.15) is 6.04 Å². The number of fused-ring (bicyclic) bond motifs is 1. The maximum absolute atomic E-state index is 12.8. The predicted molar refractivity (Wildman–Crippen MR) is 82.5 cm³/mol. The maximum atomic E-state index is 12.8. The standard InChI is InChI=1S/C16H16Cl2N2O/c17-11-7-8-12(18)15-14(11)13(9-19)20(16(15)21)10-5-3-1-2-4-6-10/h7-8,10,13H,1-6H2. The molecule has 0 saturated heterocycles. The van der Waals surface area contributed by atoms with Crippen LogP contribution in [0.1, 0.15) is 60.5 Å². The number of amides is 1. The van der Waals surface area contributed by atoms with Crippen LogP contribution >= 0.6 is 23.2 Å². The highest BCUT2D eigenvalue weighted by Gasteiger charge is 2.43. The Hall–Kier alpha value is -1.24. The monoisotopic (exact) mass is 322 g/mol. The van der Waals surface area contributed by atoms with E-state index in [-0.39, 0.29) is 11.9 Å². The Morgan fingerprint density at radius 3 is 2.33 bits per heavy atom. The van der Waals surface area contributed by atoms with Crippen molar-refractivity contribution < 1.29 is 4.79 Å². The Morgan fingerprint density at radius 2 is 1.71 bits per heavy atom. The molecule has 1 aliphatic carbocycles. The highest BCUT2D eigenvalue weighted by Crippen LogP contribution is 2.44. The highest BCUT2D eigenvalue weighted by molar-refractivity contribution is 6.37. The molecule has 5 heteroatoms. The molecule has 0 N–H and O–H groups in total. The zero-order valence-corrected chi connectivity index (χ0v) is 13.1. The van der Waals surface area contributed by atoms with Gasteiger partial charge in [-0.2, -0.15) is 5.26 Å². The SMILES string of the molecule is N#CC1c2c(Cl)ccc(Cl)c2C(=O)N1C1CCCCCC1. The number of benzene rings is 1. The van der Waals surface area contributed by atoms with Crippen molar-refractivity contribution in [3.63, 3.8) is 0 Å². The third kappa shape index (κ3) is 2.41. The zero-order chi connectivity index (χ0) is 15.0. The summed E-state index contributed by atoms with van der Waals surface area (Å²) in [6, 6.07) is 5.05. The molecular weight excluding hydrogens is 307 g/mol. The molecule has 1 aromatic rings. The normalized spacial score (nSPS) is 22.8. The Bertz CT molecular complexity index is 615. The molecule has 2 aliphatic rings. The largest absolute Gasteiger partial charge is 0.315 e. The second kappa shape index (κ2) is 5.87. The molecule has 1 aromatic carbocycles. The second-order valence-electron chi connectivity index (χ2n) is 5.71. The van der Waals surface area contributed by atoms with Gasteiger partial charge in [-0.25, -0.2) is 0 Å². The van der Waals surface area contributed by atoms with Crippen molar-refractivity contribution in [3.05, 3.63) is 33.3 Å².